The van der Waals surface area contributed by atoms with Gasteiger partial charge in [0, 0.05) is 24.2 Å². The lowest BCUT2D eigenvalue weighted by molar-refractivity contribution is -0.119. The Labute approximate surface area is 178 Å². The van der Waals surface area contributed by atoms with Gasteiger partial charge >= 0.3 is 0 Å². The summed E-state index contributed by atoms with van der Waals surface area (Å²) in [7, 11) is 4.83. The van der Waals surface area contributed by atoms with Crippen molar-refractivity contribution in [1.82, 2.24) is 9.88 Å². The number of hydrogen-bond acceptors (Lipinski definition) is 6. The lowest BCUT2D eigenvalue weighted by atomic mass is 9.79. The Kier molecular flexibility index (Phi) is 5.41. The number of fused-ring (bicyclic) bond motifs is 1. The van der Waals surface area contributed by atoms with Gasteiger partial charge in [0.2, 0.25) is 5.91 Å². The third-order valence-corrected chi connectivity index (χ3v) is 5.96. The van der Waals surface area contributed by atoms with Gasteiger partial charge in [-0.25, -0.2) is 4.98 Å². The van der Waals surface area contributed by atoms with Crippen LogP contribution in [0.4, 0.5) is 5.13 Å². The van der Waals surface area contributed by atoms with E-state index in [0.29, 0.717) is 27.8 Å². The van der Waals surface area contributed by atoms with Crippen molar-refractivity contribution in [3.63, 3.8) is 0 Å². The average Bonchev–Trinajstić information content (AvgIpc) is 3.28. The van der Waals surface area contributed by atoms with Crippen LogP contribution in [0.15, 0.2) is 54.0 Å². The third kappa shape index (κ3) is 3.39. The molecular weight excluding hydrogens is 402 g/mol. The maximum absolute atomic E-state index is 13.4. The Morgan fingerprint density at radius 2 is 1.90 bits per heavy atom. The minimum absolute atomic E-state index is 0.135. The largest absolute Gasteiger partial charge is 0.493 e. The minimum Gasteiger partial charge on any atom is -0.493 e. The molecular formula is C22H21N3O4S. The molecule has 4 rings (SSSR count). The molecule has 1 aromatic heterocycles. The van der Waals surface area contributed by atoms with Gasteiger partial charge < -0.3 is 19.7 Å². The van der Waals surface area contributed by atoms with Gasteiger partial charge in [0.05, 0.1) is 26.2 Å². The Morgan fingerprint density at radius 3 is 2.60 bits per heavy atom. The number of ether oxygens (including phenoxy) is 2. The van der Waals surface area contributed by atoms with E-state index >= 15 is 0 Å². The molecule has 30 heavy (non-hydrogen) atoms. The number of nitrogens with one attached hydrogen (secondary N) is 1. The second-order valence-electron chi connectivity index (χ2n) is 6.87. The van der Waals surface area contributed by atoms with E-state index in [1.54, 1.807) is 55.9 Å². The number of likely N-dealkylation sites (N-methyl/N-ethyl adjacent to an activating group) is 1. The summed E-state index contributed by atoms with van der Waals surface area (Å²) in [6, 6.07) is 12.2. The van der Waals surface area contributed by atoms with E-state index in [1.165, 1.54) is 11.3 Å². The summed E-state index contributed by atoms with van der Waals surface area (Å²) in [6.45, 7) is 0. The zero-order chi connectivity index (χ0) is 21.3. The second-order valence-corrected chi connectivity index (χ2v) is 7.76. The zero-order valence-corrected chi connectivity index (χ0v) is 17.6. The summed E-state index contributed by atoms with van der Waals surface area (Å²) in [4.78, 5) is 32.3. The molecule has 0 spiro atoms. The minimum atomic E-state index is -0.620. The Balaban J connectivity index is 1.84. The number of thiazole rings is 1. The fourth-order valence-corrected chi connectivity index (χ4v) is 4.41. The normalized spacial score (nSPS) is 18.0. The van der Waals surface area contributed by atoms with Crippen LogP contribution in [0.3, 0.4) is 0 Å². The van der Waals surface area contributed by atoms with Gasteiger partial charge in [-0.2, -0.15) is 0 Å². The molecule has 2 atom stereocenters. The molecule has 8 heteroatoms. The summed E-state index contributed by atoms with van der Waals surface area (Å²) in [6.07, 6.45) is 1.64. The van der Waals surface area contributed by atoms with Crippen molar-refractivity contribution in [2.45, 2.75) is 12.0 Å². The molecule has 0 aliphatic carbocycles. The number of methoxy groups -OCH3 is 2. The van der Waals surface area contributed by atoms with E-state index in [1.807, 2.05) is 24.3 Å². The number of aromatic nitrogens is 1. The molecule has 3 aromatic rings. The maximum Gasteiger partial charge on any atom is 0.254 e. The summed E-state index contributed by atoms with van der Waals surface area (Å²) in [5, 5.41) is 5.21. The SMILES string of the molecule is COc1ccc([C@H]2[C@H](C(=O)Nc3nccs3)c3ccccc3C(=O)N2C)cc1OC. The van der Waals surface area contributed by atoms with Crippen LogP contribution in [0.5, 0.6) is 11.5 Å². The molecule has 0 radical (unpaired) electrons. The van der Waals surface area contributed by atoms with Gasteiger partial charge in [-0.05, 0) is 29.3 Å². The summed E-state index contributed by atoms with van der Waals surface area (Å²) in [5.41, 5.74) is 1.99. The fraction of sp³-hybridized carbons (Fsp3) is 0.227. The third-order valence-electron chi connectivity index (χ3n) is 5.27. The van der Waals surface area contributed by atoms with Crippen molar-refractivity contribution in [3.8, 4) is 11.5 Å². The summed E-state index contributed by atoms with van der Waals surface area (Å²) >= 11 is 1.35. The first-order valence-electron chi connectivity index (χ1n) is 9.33. The highest BCUT2D eigenvalue weighted by molar-refractivity contribution is 7.13. The van der Waals surface area contributed by atoms with E-state index in [9.17, 15) is 9.59 Å². The molecule has 2 amide bonds. The number of anilines is 1. The number of carbonyl (C=O) groups excluding carboxylic acids is 2. The molecule has 1 aliphatic rings. The van der Waals surface area contributed by atoms with E-state index in [2.05, 4.69) is 10.3 Å². The van der Waals surface area contributed by atoms with Crippen LogP contribution in [0.2, 0.25) is 0 Å². The van der Waals surface area contributed by atoms with E-state index in [4.69, 9.17) is 9.47 Å². The Morgan fingerprint density at radius 1 is 1.13 bits per heavy atom. The first-order valence-corrected chi connectivity index (χ1v) is 10.2. The van der Waals surface area contributed by atoms with Crippen molar-refractivity contribution in [2.75, 3.05) is 26.6 Å². The smallest absolute Gasteiger partial charge is 0.254 e. The number of rotatable bonds is 5. The zero-order valence-electron chi connectivity index (χ0n) is 16.8. The first-order chi connectivity index (χ1) is 14.5. The van der Waals surface area contributed by atoms with Gasteiger partial charge in [0.25, 0.3) is 5.91 Å². The van der Waals surface area contributed by atoms with Crippen molar-refractivity contribution in [1.29, 1.82) is 0 Å². The number of benzene rings is 2. The van der Waals surface area contributed by atoms with E-state index in [-0.39, 0.29) is 11.8 Å². The predicted molar refractivity (Wildman–Crippen MR) is 114 cm³/mol. The molecule has 154 valence electrons. The quantitative estimate of drug-likeness (QED) is 0.677. The molecule has 0 saturated carbocycles. The molecule has 0 unspecified atom stereocenters. The molecule has 2 aromatic carbocycles. The lowest BCUT2D eigenvalue weighted by Crippen LogP contribution is -2.44. The number of nitrogens with zero attached hydrogens (tertiary/aromatic N) is 2. The number of amides is 2. The topological polar surface area (TPSA) is 80.8 Å². The van der Waals surface area contributed by atoms with Crippen LogP contribution >= 0.6 is 11.3 Å². The van der Waals surface area contributed by atoms with Gasteiger partial charge in [-0.15, -0.1) is 11.3 Å². The first kappa shape index (κ1) is 19.9. The van der Waals surface area contributed by atoms with Crippen molar-refractivity contribution in [3.05, 3.63) is 70.7 Å². The van der Waals surface area contributed by atoms with Crippen LogP contribution in [0, 0.1) is 0 Å². The van der Waals surface area contributed by atoms with E-state index in [0.717, 1.165) is 5.56 Å². The van der Waals surface area contributed by atoms with Gasteiger partial charge in [-0.3, -0.25) is 9.59 Å². The highest BCUT2D eigenvalue weighted by Gasteiger charge is 2.43. The van der Waals surface area contributed by atoms with E-state index < -0.39 is 12.0 Å². The predicted octanol–water partition coefficient (Wildman–Crippen LogP) is 3.71. The molecule has 0 fully saturated rings. The Bertz CT molecular complexity index is 1080. The Hall–Kier alpha value is -3.39. The number of carbonyl (C=O) groups is 2. The van der Waals surface area contributed by atoms with Gasteiger partial charge in [0.1, 0.15) is 0 Å². The molecule has 1 aliphatic heterocycles. The van der Waals surface area contributed by atoms with Crippen molar-refractivity contribution in [2.24, 2.45) is 0 Å². The van der Waals surface area contributed by atoms with Gasteiger partial charge in [-0.1, -0.05) is 24.3 Å². The fourth-order valence-electron chi connectivity index (χ4n) is 3.88. The highest BCUT2D eigenvalue weighted by atomic mass is 32.1. The lowest BCUT2D eigenvalue weighted by Gasteiger charge is -2.39. The number of hydrogen-bond donors (Lipinski definition) is 1. The van der Waals surface area contributed by atoms with Crippen molar-refractivity contribution >= 4 is 28.3 Å². The molecule has 0 saturated heterocycles. The second kappa shape index (κ2) is 8.16. The van der Waals surface area contributed by atoms with Crippen LogP contribution in [0.25, 0.3) is 0 Å². The van der Waals surface area contributed by atoms with Crippen LogP contribution in [0.1, 0.15) is 33.4 Å². The van der Waals surface area contributed by atoms with Crippen LogP contribution in [-0.2, 0) is 4.79 Å². The monoisotopic (exact) mass is 423 g/mol. The average molecular weight is 423 g/mol. The standard InChI is InChI=1S/C22H21N3O4S/c1-25-19(13-8-9-16(28-2)17(12-13)29-3)18(20(26)24-22-23-10-11-30-22)14-6-4-5-7-15(14)21(25)27/h4-12,18-19H,1-3H3,(H,23,24,26)/t18-,19+/m1/s1. The molecule has 7 nitrogen and oxygen atoms in total. The molecule has 0 bridgehead atoms. The summed E-state index contributed by atoms with van der Waals surface area (Å²) < 4.78 is 10.8. The van der Waals surface area contributed by atoms with Crippen molar-refractivity contribution < 1.29 is 19.1 Å². The van der Waals surface area contributed by atoms with Crippen LogP contribution in [-0.4, -0.2) is 43.0 Å². The van der Waals surface area contributed by atoms with Crippen LogP contribution < -0.4 is 14.8 Å². The van der Waals surface area contributed by atoms with Gasteiger partial charge in [0.15, 0.2) is 16.6 Å². The molecule has 1 N–H and O–H groups in total. The summed E-state index contributed by atoms with van der Waals surface area (Å²) in [5.74, 6) is 0.134. The highest BCUT2D eigenvalue weighted by Crippen LogP contribution is 2.44. The maximum atomic E-state index is 13.4. The molecule has 2 heterocycles.